The first kappa shape index (κ1) is 9.76. The van der Waals surface area contributed by atoms with E-state index in [1.165, 1.54) is 32.1 Å². The molecular formula is C11H20O. The van der Waals surface area contributed by atoms with Gasteiger partial charge < -0.3 is 0 Å². The van der Waals surface area contributed by atoms with Crippen molar-refractivity contribution in [3.05, 3.63) is 0 Å². The van der Waals surface area contributed by atoms with Crippen molar-refractivity contribution in [3.8, 4) is 0 Å². The lowest BCUT2D eigenvalue weighted by atomic mass is 9.81. The Morgan fingerprint density at radius 1 is 1.08 bits per heavy atom. The van der Waals surface area contributed by atoms with Gasteiger partial charge in [-0.15, -0.1) is 0 Å². The third-order valence-electron chi connectivity index (χ3n) is 3.07. The summed E-state index contributed by atoms with van der Waals surface area (Å²) in [4.78, 5) is 11.3. The molecule has 0 heterocycles. The summed E-state index contributed by atoms with van der Waals surface area (Å²) in [6.45, 7) is 4.00. The Morgan fingerprint density at radius 3 is 2.42 bits per heavy atom. The molecule has 0 bridgehead atoms. The van der Waals surface area contributed by atoms with E-state index in [4.69, 9.17) is 0 Å². The normalized spacial score (nSPS) is 33.7. The first-order valence-electron chi connectivity index (χ1n) is 5.40. The second-order valence-electron chi connectivity index (χ2n) is 3.66. The Morgan fingerprint density at radius 2 is 1.75 bits per heavy atom. The van der Waals surface area contributed by atoms with Crippen LogP contribution in [0.15, 0.2) is 0 Å². The predicted molar refractivity (Wildman–Crippen MR) is 51.0 cm³/mol. The molecular weight excluding hydrogens is 148 g/mol. The van der Waals surface area contributed by atoms with Crippen LogP contribution in [0.5, 0.6) is 0 Å². The number of Topliss-reactive ketones (excluding diaryl/α,β-unsaturated/α-hetero) is 1. The fraction of sp³-hybridized carbons (Fsp3) is 0.909. The monoisotopic (exact) mass is 168 g/mol. The molecule has 0 radical (unpaired) electrons. The number of carbonyl (C=O) groups is 1. The van der Waals surface area contributed by atoms with Crippen LogP contribution in [0.3, 0.4) is 0 Å². The minimum absolute atomic E-state index is 0.494. The largest absolute Gasteiger partial charge is 0.299 e. The van der Waals surface area contributed by atoms with E-state index < -0.39 is 0 Å². The first-order chi connectivity index (χ1) is 5.88. The van der Waals surface area contributed by atoms with Crippen LogP contribution in [0.2, 0.25) is 0 Å². The highest BCUT2D eigenvalue weighted by Crippen LogP contribution is 2.39. The van der Waals surface area contributed by atoms with Crippen molar-refractivity contribution in [2.24, 2.45) is 11.8 Å². The van der Waals surface area contributed by atoms with Crippen LogP contribution in [-0.4, -0.2) is 5.78 Å². The second kappa shape index (κ2) is 4.64. The minimum atomic E-state index is 0.494. The molecule has 0 aromatic carbocycles. The molecule has 12 heavy (non-hydrogen) atoms. The lowest BCUT2D eigenvalue weighted by Crippen LogP contribution is -2.23. The van der Waals surface area contributed by atoms with Gasteiger partial charge in [0.2, 0.25) is 0 Å². The van der Waals surface area contributed by atoms with E-state index in [9.17, 15) is 4.79 Å². The second-order valence-corrected chi connectivity index (χ2v) is 3.66. The van der Waals surface area contributed by atoms with Crippen LogP contribution in [-0.2, 0) is 4.79 Å². The van der Waals surface area contributed by atoms with Gasteiger partial charge in [-0.25, -0.2) is 0 Å². The summed E-state index contributed by atoms with van der Waals surface area (Å²) in [5.74, 6) is 1.85. The number of rotatable bonds is 0. The Hall–Kier alpha value is -0.330. The lowest BCUT2D eigenvalue weighted by Gasteiger charge is -2.23. The van der Waals surface area contributed by atoms with E-state index in [1.54, 1.807) is 0 Å². The summed E-state index contributed by atoms with van der Waals surface area (Å²) in [5, 5.41) is 0. The van der Waals surface area contributed by atoms with E-state index in [2.05, 4.69) is 0 Å². The maximum absolute atomic E-state index is 11.3. The van der Waals surface area contributed by atoms with E-state index >= 15 is 0 Å². The quantitative estimate of drug-likeness (QED) is 0.543. The van der Waals surface area contributed by atoms with Crippen LogP contribution in [0, 0.1) is 11.8 Å². The van der Waals surface area contributed by atoms with Crippen molar-refractivity contribution in [3.63, 3.8) is 0 Å². The van der Waals surface area contributed by atoms with Crippen LogP contribution in [0.4, 0.5) is 0 Å². The topological polar surface area (TPSA) is 17.1 Å². The van der Waals surface area contributed by atoms with E-state index in [-0.39, 0.29) is 0 Å². The zero-order valence-corrected chi connectivity index (χ0v) is 8.31. The summed E-state index contributed by atoms with van der Waals surface area (Å²) in [6.07, 6.45) is 7.21. The minimum Gasteiger partial charge on any atom is -0.299 e. The SMILES string of the molecule is CC.O=C1CCCC2CCCC12. The van der Waals surface area contributed by atoms with Gasteiger partial charge in [-0.05, 0) is 31.6 Å². The fourth-order valence-electron chi connectivity index (χ4n) is 2.53. The van der Waals surface area contributed by atoms with E-state index in [0.717, 1.165) is 12.3 Å². The predicted octanol–water partition coefficient (Wildman–Crippen LogP) is 3.18. The smallest absolute Gasteiger partial charge is 0.136 e. The highest BCUT2D eigenvalue weighted by Gasteiger charge is 2.34. The Balaban J connectivity index is 0.000000336. The maximum Gasteiger partial charge on any atom is 0.136 e. The molecule has 2 rings (SSSR count). The average Bonchev–Trinajstić information content (AvgIpc) is 2.57. The zero-order chi connectivity index (χ0) is 8.97. The molecule has 0 amide bonds. The molecule has 70 valence electrons. The van der Waals surface area contributed by atoms with Gasteiger partial charge in [0.1, 0.15) is 5.78 Å². The molecule has 0 N–H and O–H groups in total. The number of fused-ring (bicyclic) bond motifs is 1. The summed E-state index contributed by atoms with van der Waals surface area (Å²) >= 11 is 0. The lowest BCUT2D eigenvalue weighted by molar-refractivity contribution is -0.125. The van der Waals surface area contributed by atoms with Gasteiger partial charge in [-0.3, -0.25) is 4.79 Å². The van der Waals surface area contributed by atoms with Gasteiger partial charge in [0.25, 0.3) is 0 Å². The fourth-order valence-corrected chi connectivity index (χ4v) is 2.53. The van der Waals surface area contributed by atoms with Gasteiger partial charge in [-0.1, -0.05) is 20.3 Å². The number of ketones is 1. The molecule has 0 aromatic heterocycles. The van der Waals surface area contributed by atoms with Crippen molar-refractivity contribution in [1.82, 2.24) is 0 Å². The molecule has 2 atom stereocenters. The van der Waals surface area contributed by atoms with Crippen molar-refractivity contribution in [1.29, 1.82) is 0 Å². The molecule has 0 aromatic rings. The summed E-state index contributed by atoms with van der Waals surface area (Å²) in [5.41, 5.74) is 0. The van der Waals surface area contributed by atoms with Gasteiger partial charge in [-0.2, -0.15) is 0 Å². The van der Waals surface area contributed by atoms with Crippen molar-refractivity contribution in [2.75, 3.05) is 0 Å². The molecule has 2 aliphatic rings. The molecule has 2 saturated carbocycles. The number of carbonyl (C=O) groups excluding carboxylic acids is 1. The van der Waals surface area contributed by atoms with E-state index in [1.807, 2.05) is 13.8 Å². The van der Waals surface area contributed by atoms with Crippen LogP contribution in [0.25, 0.3) is 0 Å². The summed E-state index contributed by atoms with van der Waals surface area (Å²) in [7, 11) is 0. The Bertz CT molecular complexity index is 151. The molecule has 2 aliphatic carbocycles. The molecule has 2 fully saturated rings. The van der Waals surface area contributed by atoms with Gasteiger partial charge in [0, 0.05) is 12.3 Å². The third-order valence-corrected chi connectivity index (χ3v) is 3.07. The van der Waals surface area contributed by atoms with Crippen molar-refractivity contribution in [2.45, 2.75) is 52.4 Å². The van der Waals surface area contributed by atoms with E-state index in [0.29, 0.717) is 11.7 Å². The average molecular weight is 168 g/mol. The van der Waals surface area contributed by atoms with Crippen LogP contribution < -0.4 is 0 Å². The van der Waals surface area contributed by atoms with Crippen molar-refractivity contribution >= 4 is 5.78 Å². The molecule has 0 aliphatic heterocycles. The van der Waals surface area contributed by atoms with Gasteiger partial charge in [0.15, 0.2) is 0 Å². The molecule has 1 heteroatoms. The summed E-state index contributed by atoms with van der Waals surface area (Å²) < 4.78 is 0. The van der Waals surface area contributed by atoms with Crippen molar-refractivity contribution < 1.29 is 4.79 Å². The van der Waals surface area contributed by atoms with Crippen LogP contribution in [0.1, 0.15) is 52.4 Å². The number of hydrogen-bond acceptors (Lipinski definition) is 1. The summed E-state index contributed by atoms with van der Waals surface area (Å²) in [6, 6.07) is 0. The Kier molecular flexibility index (Phi) is 3.77. The highest BCUT2D eigenvalue weighted by molar-refractivity contribution is 5.82. The standard InChI is InChI=1S/C9H14O.C2H6/c10-9-6-2-4-7-3-1-5-8(7)9;1-2/h7-8H,1-6H2;1-2H3. The molecule has 2 unspecified atom stereocenters. The Labute approximate surface area is 75.5 Å². The number of hydrogen-bond donors (Lipinski definition) is 0. The first-order valence-corrected chi connectivity index (χ1v) is 5.40. The highest BCUT2D eigenvalue weighted by atomic mass is 16.1. The molecule has 1 nitrogen and oxygen atoms in total. The van der Waals surface area contributed by atoms with Gasteiger partial charge in [0.05, 0.1) is 0 Å². The maximum atomic E-state index is 11.3. The van der Waals surface area contributed by atoms with Crippen LogP contribution >= 0.6 is 0 Å². The molecule has 0 saturated heterocycles. The zero-order valence-electron chi connectivity index (χ0n) is 8.31. The molecule has 0 spiro atoms. The van der Waals surface area contributed by atoms with Gasteiger partial charge >= 0.3 is 0 Å². The third kappa shape index (κ3) is 1.88.